The summed E-state index contributed by atoms with van der Waals surface area (Å²) in [7, 11) is 0. The largest absolute Gasteiger partial charge is 0.397 e. The molecule has 0 aliphatic carbocycles. The third-order valence-electron chi connectivity index (χ3n) is 1.99. The number of aromatic nitrogens is 1. The molecule has 2 rings (SSSR count). The molecule has 0 aliphatic rings. The minimum absolute atomic E-state index is 0.503. The summed E-state index contributed by atoms with van der Waals surface area (Å²) in [5.41, 5.74) is 7.56. The number of rotatable bonds is 1. The second kappa shape index (κ2) is 4.09. The van der Waals surface area contributed by atoms with E-state index in [4.69, 9.17) is 28.9 Å². The minimum Gasteiger partial charge on any atom is -0.397 e. The summed E-state index contributed by atoms with van der Waals surface area (Å²) in [5, 5.41) is 1.12. The molecule has 0 radical (unpaired) electrons. The SMILES string of the molecule is Nc1cnc(-c2ccccc2Cl)c(Cl)c1. The van der Waals surface area contributed by atoms with Crippen LogP contribution in [0.1, 0.15) is 0 Å². The summed E-state index contributed by atoms with van der Waals surface area (Å²) in [6, 6.07) is 9.07. The van der Waals surface area contributed by atoms with Crippen LogP contribution >= 0.6 is 23.2 Å². The topological polar surface area (TPSA) is 38.9 Å². The maximum absolute atomic E-state index is 6.04. The van der Waals surface area contributed by atoms with Gasteiger partial charge in [0.2, 0.25) is 0 Å². The van der Waals surface area contributed by atoms with Crippen molar-refractivity contribution >= 4 is 28.9 Å². The van der Waals surface area contributed by atoms with E-state index in [-0.39, 0.29) is 0 Å². The highest BCUT2D eigenvalue weighted by atomic mass is 35.5. The Morgan fingerprint density at radius 1 is 1.07 bits per heavy atom. The summed E-state index contributed by atoms with van der Waals surface area (Å²) in [4.78, 5) is 4.17. The number of pyridine rings is 1. The zero-order valence-corrected chi connectivity index (χ0v) is 9.26. The molecular weight excluding hydrogens is 231 g/mol. The second-order valence-electron chi connectivity index (χ2n) is 3.08. The Morgan fingerprint density at radius 3 is 2.47 bits per heavy atom. The molecule has 0 saturated heterocycles. The first-order valence-electron chi connectivity index (χ1n) is 4.34. The molecule has 0 unspecified atom stereocenters. The van der Waals surface area contributed by atoms with Crippen LogP contribution in [-0.4, -0.2) is 4.98 Å². The van der Waals surface area contributed by atoms with Crippen LogP contribution in [0.15, 0.2) is 36.5 Å². The molecular formula is C11H8Cl2N2. The normalized spacial score (nSPS) is 10.3. The van der Waals surface area contributed by atoms with Gasteiger partial charge in [-0.25, -0.2) is 0 Å². The lowest BCUT2D eigenvalue weighted by Crippen LogP contribution is -1.90. The first kappa shape index (κ1) is 10.3. The van der Waals surface area contributed by atoms with Gasteiger partial charge in [0.15, 0.2) is 0 Å². The van der Waals surface area contributed by atoms with Crippen molar-refractivity contribution in [2.24, 2.45) is 0 Å². The Bertz CT molecular complexity index is 498. The molecule has 2 nitrogen and oxygen atoms in total. The van der Waals surface area contributed by atoms with Gasteiger partial charge >= 0.3 is 0 Å². The molecule has 0 saturated carbocycles. The molecule has 15 heavy (non-hydrogen) atoms. The van der Waals surface area contributed by atoms with Gasteiger partial charge in [0.25, 0.3) is 0 Å². The van der Waals surface area contributed by atoms with Crippen LogP contribution in [-0.2, 0) is 0 Å². The number of halogens is 2. The van der Waals surface area contributed by atoms with E-state index in [1.54, 1.807) is 18.3 Å². The van der Waals surface area contributed by atoms with Gasteiger partial charge in [0.1, 0.15) is 0 Å². The van der Waals surface area contributed by atoms with Gasteiger partial charge in [-0.3, -0.25) is 4.98 Å². The first-order chi connectivity index (χ1) is 7.18. The van der Waals surface area contributed by atoms with Gasteiger partial charge < -0.3 is 5.73 Å². The quantitative estimate of drug-likeness (QED) is 0.825. The number of benzene rings is 1. The number of hydrogen-bond donors (Lipinski definition) is 1. The lowest BCUT2D eigenvalue weighted by Gasteiger charge is -2.05. The van der Waals surface area contributed by atoms with Crippen molar-refractivity contribution in [3.63, 3.8) is 0 Å². The standard InChI is InChI=1S/C11H8Cl2N2/c12-9-4-2-1-3-8(9)11-10(13)5-7(14)6-15-11/h1-6H,14H2. The molecule has 1 aromatic carbocycles. The van der Waals surface area contributed by atoms with Crippen LogP contribution in [0.5, 0.6) is 0 Å². The predicted octanol–water partition coefficient (Wildman–Crippen LogP) is 3.64. The van der Waals surface area contributed by atoms with Crippen LogP contribution in [0.4, 0.5) is 5.69 Å². The Hall–Kier alpha value is -1.25. The van der Waals surface area contributed by atoms with Gasteiger partial charge in [-0.1, -0.05) is 41.4 Å². The van der Waals surface area contributed by atoms with Crippen LogP contribution in [0.3, 0.4) is 0 Å². The molecule has 2 N–H and O–H groups in total. The highest BCUT2D eigenvalue weighted by Gasteiger charge is 2.08. The number of nitrogens with zero attached hydrogens (tertiary/aromatic N) is 1. The van der Waals surface area contributed by atoms with Gasteiger partial charge in [0, 0.05) is 5.56 Å². The Morgan fingerprint density at radius 2 is 1.80 bits per heavy atom. The average molecular weight is 239 g/mol. The van der Waals surface area contributed by atoms with Crippen molar-refractivity contribution in [3.05, 3.63) is 46.6 Å². The number of anilines is 1. The van der Waals surface area contributed by atoms with Crippen molar-refractivity contribution in [1.82, 2.24) is 4.98 Å². The molecule has 0 atom stereocenters. The van der Waals surface area contributed by atoms with Crippen molar-refractivity contribution in [1.29, 1.82) is 0 Å². The van der Waals surface area contributed by atoms with E-state index in [0.717, 1.165) is 5.56 Å². The third kappa shape index (κ3) is 2.06. The lowest BCUT2D eigenvalue weighted by atomic mass is 10.1. The monoisotopic (exact) mass is 238 g/mol. The molecule has 2 aromatic rings. The van der Waals surface area contributed by atoms with E-state index < -0.39 is 0 Å². The Kier molecular flexibility index (Phi) is 2.80. The van der Waals surface area contributed by atoms with E-state index in [9.17, 15) is 0 Å². The highest BCUT2D eigenvalue weighted by Crippen LogP contribution is 2.31. The molecule has 76 valence electrons. The molecule has 0 bridgehead atoms. The molecule has 0 spiro atoms. The van der Waals surface area contributed by atoms with E-state index in [1.807, 2.05) is 18.2 Å². The van der Waals surface area contributed by atoms with Gasteiger partial charge in [-0.2, -0.15) is 0 Å². The van der Waals surface area contributed by atoms with Crippen LogP contribution in [0, 0.1) is 0 Å². The van der Waals surface area contributed by atoms with Crippen molar-refractivity contribution in [2.75, 3.05) is 5.73 Å². The van der Waals surface area contributed by atoms with E-state index in [2.05, 4.69) is 4.98 Å². The minimum atomic E-state index is 0.503. The van der Waals surface area contributed by atoms with Crippen molar-refractivity contribution < 1.29 is 0 Å². The molecule has 0 fully saturated rings. The maximum atomic E-state index is 6.04. The Labute approximate surface area is 97.7 Å². The van der Waals surface area contributed by atoms with E-state index >= 15 is 0 Å². The van der Waals surface area contributed by atoms with Gasteiger partial charge in [-0.15, -0.1) is 0 Å². The fourth-order valence-corrected chi connectivity index (χ4v) is 1.81. The predicted molar refractivity (Wildman–Crippen MR) is 64.1 cm³/mol. The highest BCUT2D eigenvalue weighted by molar-refractivity contribution is 6.36. The summed E-state index contributed by atoms with van der Waals surface area (Å²) >= 11 is 12.1. The number of nitrogen functional groups attached to an aromatic ring is 1. The van der Waals surface area contributed by atoms with Crippen LogP contribution < -0.4 is 5.73 Å². The summed E-state index contributed by atoms with van der Waals surface area (Å²) in [6.45, 7) is 0. The third-order valence-corrected chi connectivity index (χ3v) is 2.61. The molecule has 4 heteroatoms. The molecule has 0 amide bonds. The fraction of sp³-hybridized carbons (Fsp3) is 0. The van der Waals surface area contributed by atoms with Gasteiger partial charge in [0.05, 0.1) is 27.6 Å². The second-order valence-corrected chi connectivity index (χ2v) is 3.89. The van der Waals surface area contributed by atoms with Crippen molar-refractivity contribution in [3.8, 4) is 11.3 Å². The maximum Gasteiger partial charge on any atom is 0.0904 e. The lowest BCUT2D eigenvalue weighted by molar-refractivity contribution is 1.33. The van der Waals surface area contributed by atoms with Gasteiger partial charge in [-0.05, 0) is 12.1 Å². The molecule has 1 heterocycles. The van der Waals surface area contributed by atoms with Crippen LogP contribution in [0.2, 0.25) is 10.0 Å². The fourth-order valence-electron chi connectivity index (χ4n) is 1.30. The van der Waals surface area contributed by atoms with Crippen LogP contribution in [0.25, 0.3) is 11.3 Å². The summed E-state index contributed by atoms with van der Waals surface area (Å²) < 4.78 is 0. The zero-order chi connectivity index (χ0) is 10.8. The molecule has 0 aliphatic heterocycles. The summed E-state index contributed by atoms with van der Waals surface area (Å²) in [6.07, 6.45) is 1.56. The Balaban J connectivity index is 2.60. The molecule has 1 aromatic heterocycles. The van der Waals surface area contributed by atoms with E-state index in [0.29, 0.717) is 21.4 Å². The van der Waals surface area contributed by atoms with E-state index in [1.165, 1.54) is 0 Å². The number of nitrogens with two attached hydrogens (primary N) is 1. The smallest absolute Gasteiger partial charge is 0.0904 e. The van der Waals surface area contributed by atoms with Crippen molar-refractivity contribution in [2.45, 2.75) is 0 Å². The average Bonchev–Trinajstić information content (AvgIpc) is 2.20. The first-order valence-corrected chi connectivity index (χ1v) is 5.10. The zero-order valence-electron chi connectivity index (χ0n) is 7.74. The summed E-state index contributed by atoms with van der Waals surface area (Å²) in [5.74, 6) is 0. The number of hydrogen-bond acceptors (Lipinski definition) is 2.